The summed E-state index contributed by atoms with van der Waals surface area (Å²) in [5.41, 5.74) is 1.80. The van der Waals surface area contributed by atoms with Crippen LogP contribution in [-0.4, -0.2) is 46.1 Å². The first-order valence-electron chi connectivity index (χ1n) is 8.21. The summed E-state index contributed by atoms with van der Waals surface area (Å²) >= 11 is 0. The molecule has 0 aliphatic carbocycles. The lowest BCUT2D eigenvalue weighted by atomic mass is 10.2. The van der Waals surface area contributed by atoms with Crippen LogP contribution in [0.4, 0.5) is 14.5 Å². The summed E-state index contributed by atoms with van der Waals surface area (Å²) in [6.45, 7) is 3.05. The van der Waals surface area contributed by atoms with Crippen LogP contribution in [0.1, 0.15) is 5.56 Å². The number of halogens is 2. The zero-order valence-corrected chi connectivity index (χ0v) is 15.2. The molecule has 0 radical (unpaired) electrons. The molecule has 5 nitrogen and oxygen atoms in total. The Morgan fingerprint density at radius 3 is 2.38 bits per heavy atom. The molecule has 0 unspecified atom stereocenters. The van der Waals surface area contributed by atoms with Crippen molar-refractivity contribution in [3.63, 3.8) is 0 Å². The van der Waals surface area contributed by atoms with E-state index in [-0.39, 0.29) is 6.54 Å². The third kappa shape index (κ3) is 4.03. The Bertz CT molecular complexity index is 867. The van der Waals surface area contributed by atoms with Gasteiger partial charge in [0.25, 0.3) is 0 Å². The van der Waals surface area contributed by atoms with Gasteiger partial charge in [0.15, 0.2) is 0 Å². The molecule has 1 fully saturated rings. The van der Waals surface area contributed by atoms with Crippen molar-refractivity contribution in [1.29, 1.82) is 0 Å². The highest BCUT2D eigenvalue weighted by molar-refractivity contribution is 7.89. The number of hydrogen-bond donors (Lipinski definition) is 0. The zero-order valence-electron chi connectivity index (χ0n) is 14.4. The number of morpholine rings is 1. The molecule has 0 bridgehead atoms. The predicted molar refractivity (Wildman–Crippen MR) is 94.5 cm³/mol. The minimum absolute atomic E-state index is 0.0572. The molecule has 0 atom stereocenters. The second-order valence-corrected chi connectivity index (χ2v) is 8.11. The van der Waals surface area contributed by atoms with Crippen molar-refractivity contribution in [1.82, 2.24) is 4.31 Å². The van der Waals surface area contributed by atoms with E-state index < -0.39 is 26.6 Å². The van der Waals surface area contributed by atoms with Crippen LogP contribution >= 0.6 is 0 Å². The highest BCUT2D eigenvalue weighted by Crippen LogP contribution is 2.22. The molecule has 2 aromatic carbocycles. The molecule has 0 saturated carbocycles. The largest absolute Gasteiger partial charge is 0.378 e. The van der Waals surface area contributed by atoms with Gasteiger partial charge in [-0.1, -0.05) is 12.1 Å². The van der Waals surface area contributed by atoms with E-state index in [2.05, 4.69) is 4.90 Å². The molecule has 140 valence electrons. The van der Waals surface area contributed by atoms with Gasteiger partial charge in [0, 0.05) is 32.4 Å². The minimum atomic E-state index is -4.13. The smallest absolute Gasteiger partial charge is 0.246 e. The highest BCUT2D eigenvalue weighted by Gasteiger charge is 2.25. The van der Waals surface area contributed by atoms with Gasteiger partial charge < -0.3 is 9.64 Å². The average molecular weight is 382 g/mol. The molecular formula is C18H20F2N2O3S. The van der Waals surface area contributed by atoms with E-state index in [1.807, 2.05) is 24.3 Å². The first kappa shape index (κ1) is 18.8. The Hall–Kier alpha value is -2.03. The van der Waals surface area contributed by atoms with E-state index in [0.717, 1.165) is 40.8 Å². The second-order valence-electron chi connectivity index (χ2n) is 6.10. The molecule has 3 rings (SSSR count). The Morgan fingerprint density at radius 1 is 1.08 bits per heavy atom. The number of nitrogens with zero attached hydrogens (tertiary/aromatic N) is 2. The fraction of sp³-hybridized carbons (Fsp3) is 0.333. The SMILES string of the molecule is CN(Cc1ccc(N2CCOCC2)cc1)S(=O)(=O)c1cc(F)ccc1F. The van der Waals surface area contributed by atoms with Gasteiger partial charge in [-0.25, -0.2) is 17.2 Å². The van der Waals surface area contributed by atoms with Gasteiger partial charge in [-0.2, -0.15) is 4.31 Å². The lowest BCUT2D eigenvalue weighted by molar-refractivity contribution is 0.122. The van der Waals surface area contributed by atoms with Crippen molar-refractivity contribution in [2.24, 2.45) is 0 Å². The van der Waals surface area contributed by atoms with Gasteiger partial charge in [-0.05, 0) is 35.9 Å². The molecule has 26 heavy (non-hydrogen) atoms. The summed E-state index contributed by atoms with van der Waals surface area (Å²) in [5, 5.41) is 0. The quantitative estimate of drug-likeness (QED) is 0.798. The van der Waals surface area contributed by atoms with Crippen LogP contribution < -0.4 is 4.90 Å². The van der Waals surface area contributed by atoms with Crippen LogP contribution in [0, 0.1) is 11.6 Å². The van der Waals surface area contributed by atoms with Gasteiger partial charge >= 0.3 is 0 Å². The van der Waals surface area contributed by atoms with Gasteiger partial charge in [-0.3, -0.25) is 0 Å². The molecule has 0 aromatic heterocycles. The lowest BCUT2D eigenvalue weighted by Crippen LogP contribution is -2.36. The molecule has 0 N–H and O–H groups in total. The van der Waals surface area contributed by atoms with Crippen molar-refractivity contribution in [2.45, 2.75) is 11.4 Å². The Kier molecular flexibility index (Phi) is 5.55. The van der Waals surface area contributed by atoms with Crippen molar-refractivity contribution in [3.8, 4) is 0 Å². The Morgan fingerprint density at radius 2 is 1.73 bits per heavy atom. The molecule has 2 aromatic rings. The fourth-order valence-electron chi connectivity index (χ4n) is 2.82. The Balaban J connectivity index is 1.74. The van der Waals surface area contributed by atoms with Crippen LogP contribution in [0.25, 0.3) is 0 Å². The van der Waals surface area contributed by atoms with Gasteiger partial charge in [0.1, 0.15) is 16.5 Å². The summed E-state index contributed by atoms with van der Waals surface area (Å²) in [7, 11) is -2.79. The maximum Gasteiger partial charge on any atom is 0.246 e. The third-order valence-electron chi connectivity index (χ3n) is 4.30. The van der Waals surface area contributed by atoms with Crippen molar-refractivity contribution >= 4 is 15.7 Å². The molecule has 0 amide bonds. The second kappa shape index (κ2) is 7.69. The number of sulfonamides is 1. The zero-order chi connectivity index (χ0) is 18.7. The molecule has 1 saturated heterocycles. The summed E-state index contributed by atoms with van der Waals surface area (Å²) in [6.07, 6.45) is 0. The van der Waals surface area contributed by atoms with E-state index >= 15 is 0 Å². The monoisotopic (exact) mass is 382 g/mol. The average Bonchev–Trinajstić information content (AvgIpc) is 2.65. The normalized spacial score (nSPS) is 15.5. The topological polar surface area (TPSA) is 49.9 Å². The van der Waals surface area contributed by atoms with Crippen molar-refractivity contribution in [3.05, 3.63) is 59.7 Å². The standard InChI is InChI=1S/C18H20F2N2O3S/c1-21(26(23,24)18-12-15(19)4-7-17(18)20)13-14-2-5-16(6-3-14)22-8-10-25-11-9-22/h2-7,12H,8-11,13H2,1H3. The van der Waals surface area contributed by atoms with Crippen molar-refractivity contribution < 1.29 is 21.9 Å². The summed E-state index contributed by atoms with van der Waals surface area (Å²) in [4.78, 5) is 1.53. The highest BCUT2D eigenvalue weighted by atomic mass is 32.2. The predicted octanol–water partition coefficient (Wildman–Crippen LogP) is 2.62. The fourth-order valence-corrected chi connectivity index (χ4v) is 4.05. The number of anilines is 1. The minimum Gasteiger partial charge on any atom is -0.378 e. The molecule has 8 heteroatoms. The summed E-state index contributed by atoms with van der Waals surface area (Å²) in [6, 6.07) is 9.90. The molecule has 1 aliphatic heterocycles. The lowest BCUT2D eigenvalue weighted by Gasteiger charge is -2.29. The van der Waals surface area contributed by atoms with Crippen molar-refractivity contribution in [2.75, 3.05) is 38.3 Å². The van der Waals surface area contributed by atoms with E-state index in [1.165, 1.54) is 7.05 Å². The molecule has 0 spiro atoms. The summed E-state index contributed by atoms with van der Waals surface area (Å²) < 4.78 is 58.5. The number of rotatable bonds is 5. The van der Waals surface area contributed by atoms with E-state index in [9.17, 15) is 17.2 Å². The van der Waals surface area contributed by atoms with E-state index in [0.29, 0.717) is 19.3 Å². The first-order chi connectivity index (χ1) is 12.4. The van der Waals surface area contributed by atoms with Crippen LogP contribution in [0.3, 0.4) is 0 Å². The number of hydrogen-bond acceptors (Lipinski definition) is 4. The number of benzene rings is 2. The first-order valence-corrected chi connectivity index (χ1v) is 9.65. The maximum atomic E-state index is 13.8. The summed E-state index contributed by atoms with van der Waals surface area (Å²) in [5.74, 6) is -1.77. The third-order valence-corrected chi connectivity index (χ3v) is 6.12. The number of ether oxygens (including phenoxy) is 1. The van der Waals surface area contributed by atoms with Crippen LogP contribution in [0.5, 0.6) is 0 Å². The molecule has 1 aliphatic rings. The maximum absolute atomic E-state index is 13.8. The van der Waals surface area contributed by atoms with E-state index in [4.69, 9.17) is 4.74 Å². The van der Waals surface area contributed by atoms with Gasteiger partial charge in [0.2, 0.25) is 10.0 Å². The molecular weight excluding hydrogens is 362 g/mol. The van der Waals surface area contributed by atoms with Gasteiger partial charge in [0.05, 0.1) is 13.2 Å². The molecule has 1 heterocycles. The van der Waals surface area contributed by atoms with Crippen LogP contribution in [-0.2, 0) is 21.3 Å². The van der Waals surface area contributed by atoms with Crippen LogP contribution in [0.15, 0.2) is 47.4 Å². The van der Waals surface area contributed by atoms with Gasteiger partial charge in [-0.15, -0.1) is 0 Å². The van der Waals surface area contributed by atoms with E-state index in [1.54, 1.807) is 0 Å². The Labute approximate surface area is 151 Å². The van der Waals surface area contributed by atoms with Crippen LogP contribution in [0.2, 0.25) is 0 Å².